The first-order valence-electron chi connectivity index (χ1n) is 10.5. The van der Waals surface area contributed by atoms with E-state index in [1.54, 1.807) is 18.2 Å². The van der Waals surface area contributed by atoms with Gasteiger partial charge in [-0.2, -0.15) is 0 Å². The molecule has 0 atom stereocenters. The van der Waals surface area contributed by atoms with Gasteiger partial charge in [0.1, 0.15) is 30.4 Å². The summed E-state index contributed by atoms with van der Waals surface area (Å²) in [4.78, 5) is 38.1. The minimum atomic E-state index is -0.745. The molecule has 184 valence electrons. The number of para-hydroxylation sites is 1. The zero-order valence-corrected chi connectivity index (χ0v) is 23.7. The fraction of sp³-hybridized carbons (Fsp3) is 0.0800. The molecule has 3 aromatic rings. The van der Waals surface area contributed by atoms with Gasteiger partial charge in [0.2, 0.25) is 5.91 Å². The van der Waals surface area contributed by atoms with Gasteiger partial charge in [0.25, 0.3) is 5.91 Å². The molecule has 1 aliphatic rings. The van der Waals surface area contributed by atoms with E-state index in [0.29, 0.717) is 26.9 Å². The van der Waals surface area contributed by atoms with E-state index in [1.807, 2.05) is 24.3 Å². The van der Waals surface area contributed by atoms with Gasteiger partial charge in [-0.25, -0.2) is 14.1 Å². The van der Waals surface area contributed by atoms with Crippen LogP contribution in [0, 0.1) is 9.39 Å². The number of halogens is 4. The molecule has 1 aliphatic heterocycles. The number of nitrogens with zero attached hydrogens (tertiary/aromatic N) is 1. The second kappa shape index (κ2) is 11.5. The first-order valence-corrected chi connectivity index (χ1v) is 13.1. The first-order chi connectivity index (χ1) is 17.2. The van der Waals surface area contributed by atoms with E-state index in [4.69, 9.17) is 4.74 Å². The van der Waals surface area contributed by atoms with Crippen LogP contribution in [0.4, 0.5) is 14.9 Å². The van der Waals surface area contributed by atoms with Crippen molar-refractivity contribution >= 4 is 84.1 Å². The van der Waals surface area contributed by atoms with Gasteiger partial charge in [-0.1, -0.05) is 24.3 Å². The van der Waals surface area contributed by atoms with Crippen molar-refractivity contribution in [3.8, 4) is 5.75 Å². The maximum absolute atomic E-state index is 13.8. The van der Waals surface area contributed by atoms with E-state index >= 15 is 0 Å². The molecule has 4 rings (SSSR count). The van der Waals surface area contributed by atoms with E-state index in [9.17, 15) is 18.8 Å². The molecule has 0 aromatic heterocycles. The van der Waals surface area contributed by atoms with Crippen LogP contribution in [-0.4, -0.2) is 29.3 Å². The largest absolute Gasteiger partial charge is 0.487 e. The highest BCUT2D eigenvalue weighted by Gasteiger charge is 2.35. The summed E-state index contributed by atoms with van der Waals surface area (Å²) in [5.74, 6) is -1.41. The fourth-order valence-corrected chi connectivity index (χ4v) is 5.13. The Balaban J connectivity index is 1.44. The molecule has 0 saturated carbocycles. The number of nitrogens with one attached hydrogen (secondary N) is 2. The lowest BCUT2D eigenvalue weighted by Gasteiger charge is -2.12. The third kappa shape index (κ3) is 6.31. The minimum Gasteiger partial charge on any atom is -0.487 e. The Bertz CT molecular complexity index is 1360. The number of hydrogen-bond acceptors (Lipinski definition) is 4. The van der Waals surface area contributed by atoms with Gasteiger partial charge in [0.15, 0.2) is 0 Å². The van der Waals surface area contributed by atoms with Crippen molar-refractivity contribution in [2.75, 3.05) is 11.9 Å². The monoisotopic (exact) mass is 727 g/mol. The third-order valence-electron chi connectivity index (χ3n) is 5.04. The van der Waals surface area contributed by atoms with Crippen molar-refractivity contribution in [3.63, 3.8) is 0 Å². The molecular formula is C25H17Br2FIN3O4. The van der Waals surface area contributed by atoms with E-state index < -0.39 is 30.2 Å². The van der Waals surface area contributed by atoms with Crippen LogP contribution in [0.2, 0.25) is 0 Å². The molecule has 2 N–H and O–H groups in total. The molecule has 1 saturated heterocycles. The Hall–Kier alpha value is -2.77. The second-order valence-electron chi connectivity index (χ2n) is 7.64. The number of anilines is 1. The molecule has 1 heterocycles. The smallest absolute Gasteiger partial charge is 0.329 e. The molecular weight excluding hydrogens is 712 g/mol. The summed E-state index contributed by atoms with van der Waals surface area (Å²) in [6.07, 6.45) is 1.49. The maximum Gasteiger partial charge on any atom is 0.329 e. The summed E-state index contributed by atoms with van der Waals surface area (Å²) in [6, 6.07) is 16.3. The molecule has 7 nitrogen and oxygen atoms in total. The molecule has 11 heteroatoms. The Kier molecular flexibility index (Phi) is 8.42. The number of urea groups is 1. The number of imide groups is 1. The summed E-state index contributed by atoms with van der Waals surface area (Å²) in [5.41, 5.74) is 1.59. The molecule has 0 radical (unpaired) electrons. The molecule has 0 aliphatic carbocycles. The van der Waals surface area contributed by atoms with Crippen LogP contribution in [-0.2, 0) is 16.2 Å². The van der Waals surface area contributed by atoms with Crippen LogP contribution in [0.15, 0.2) is 75.3 Å². The van der Waals surface area contributed by atoms with Crippen molar-refractivity contribution in [1.29, 1.82) is 0 Å². The normalized spacial score (nSPS) is 14.2. The van der Waals surface area contributed by atoms with Gasteiger partial charge in [0.05, 0.1) is 14.6 Å². The third-order valence-corrected chi connectivity index (χ3v) is 6.94. The van der Waals surface area contributed by atoms with Crippen molar-refractivity contribution in [2.45, 2.75) is 6.61 Å². The second-order valence-corrected chi connectivity index (χ2v) is 10.6. The number of benzene rings is 3. The quantitative estimate of drug-likeness (QED) is 0.176. The highest BCUT2D eigenvalue weighted by atomic mass is 127. The highest BCUT2D eigenvalue weighted by Crippen LogP contribution is 2.36. The summed E-state index contributed by atoms with van der Waals surface area (Å²) in [7, 11) is 0. The number of hydrogen-bond donors (Lipinski definition) is 2. The topological polar surface area (TPSA) is 87.7 Å². The van der Waals surface area contributed by atoms with Crippen molar-refractivity contribution in [2.24, 2.45) is 0 Å². The molecule has 1 fully saturated rings. The molecule has 36 heavy (non-hydrogen) atoms. The minimum absolute atomic E-state index is 0.00467. The van der Waals surface area contributed by atoms with Gasteiger partial charge in [-0.05, 0) is 108 Å². The van der Waals surface area contributed by atoms with E-state index in [1.165, 1.54) is 24.3 Å². The van der Waals surface area contributed by atoms with Gasteiger partial charge >= 0.3 is 6.03 Å². The Morgan fingerprint density at radius 2 is 1.75 bits per heavy atom. The standard InChI is InChI=1S/C25H17Br2FIN3O4/c26-17-9-15(10-18(27)23(17)36-13-14-5-7-16(29)8-6-14)11-21-24(34)32(25(35)31-21)12-22(33)30-20-4-2-1-3-19(20)28/h1-11H,12-13H2,(H,30,33)(H,31,35)/b21-11+. The molecule has 0 bridgehead atoms. The predicted octanol–water partition coefficient (Wildman–Crippen LogP) is 6.07. The van der Waals surface area contributed by atoms with Crippen molar-refractivity contribution < 1.29 is 23.5 Å². The van der Waals surface area contributed by atoms with Crippen LogP contribution in [0.1, 0.15) is 11.1 Å². The van der Waals surface area contributed by atoms with Crippen LogP contribution in [0.3, 0.4) is 0 Å². The van der Waals surface area contributed by atoms with Crippen molar-refractivity contribution in [3.05, 3.63) is 95.8 Å². The van der Waals surface area contributed by atoms with E-state index in [2.05, 4.69) is 65.1 Å². The number of ether oxygens (including phenoxy) is 1. The average Bonchev–Trinajstić information content (AvgIpc) is 3.08. The number of amides is 4. The molecule has 3 aromatic carbocycles. The molecule has 0 unspecified atom stereocenters. The Morgan fingerprint density at radius 1 is 1.08 bits per heavy atom. The van der Waals surface area contributed by atoms with Gasteiger partial charge in [0, 0.05) is 3.57 Å². The highest BCUT2D eigenvalue weighted by molar-refractivity contribution is 14.1. The van der Waals surface area contributed by atoms with Gasteiger partial charge in [-0.3, -0.25) is 9.59 Å². The van der Waals surface area contributed by atoms with E-state index in [0.717, 1.165) is 14.0 Å². The number of carbonyl (C=O) groups excluding carboxylic acids is 3. The van der Waals surface area contributed by atoms with Crippen LogP contribution in [0.5, 0.6) is 5.75 Å². The van der Waals surface area contributed by atoms with E-state index in [-0.39, 0.29) is 11.4 Å². The number of carbonyl (C=O) groups is 3. The lowest BCUT2D eigenvalue weighted by molar-refractivity contribution is -0.127. The maximum atomic E-state index is 13.8. The first kappa shape index (κ1) is 26.3. The van der Waals surface area contributed by atoms with Crippen molar-refractivity contribution in [1.82, 2.24) is 10.2 Å². The Labute approximate surface area is 236 Å². The zero-order chi connectivity index (χ0) is 25.8. The molecule has 4 amide bonds. The fourth-order valence-electron chi connectivity index (χ4n) is 3.31. The average molecular weight is 729 g/mol. The van der Waals surface area contributed by atoms with Crippen LogP contribution >= 0.6 is 54.5 Å². The summed E-state index contributed by atoms with van der Waals surface area (Å²) >= 11 is 9.22. The van der Waals surface area contributed by atoms with Crippen LogP contribution < -0.4 is 15.4 Å². The van der Waals surface area contributed by atoms with Crippen LogP contribution in [0.25, 0.3) is 6.08 Å². The Morgan fingerprint density at radius 3 is 2.42 bits per heavy atom. The van der Waals surface area contributed by atoms with Gasteiger partial charge < -0.3 is 15.4 Å². The summed E-state index contributed by atoms with van der Waals surface area (Å²) < 4.78 is 22.1. The van der Waals surface area contributed by atoms with Gasteiger partial charge in [-0.15, -0.1) is 0 Å². The zero-order valence-electron chi connectivity index (χ0n) is 18.4. The lowest BCUT2D eigenvalue weighted by atomic mass is 10.2. The molecule has 0 spiro atoms. The SMILES string of the molecule is O=C(CN1C(=O)N/C(=C/c2cc(Br)c(OCc3ccc(I)cc3)c(Br)c2)C1=O)Nc1ccccc1F. The lowest BCUT2D eigenvalue weighted by Crippen LogP contribution is -2.38. The summed E-state index contributed by atoms with van der Waals surface area (Å²) in [6.45, 7) is -0.192. The summed E-state index contributed by atoms with van der Waals surface area (Å²) in [5, 5.41) is 4.83. The predicted molar refractivity (Wildman–Crippen MR) is 149 cm³/mol. The number of rotatable bonds is 7.